The van der Waals surface area contributed by atoms with Gasteiger partial charge in [0.2, 0.25) is 11.8 Å². The highest BCUT2D eigenvalue weighted by Crippen LogP contribution is 2.27. The maximum atomic E-state index is 13.8. The van der Waals surface area contributed by atoms with Crippen molar-refractivity contribution in [3.8, 4) is 5.75 Å². The molecule has 1 atom stereocenters. The summed E-state index contributed by atoms with van der Waals surface area (Å²) in [5, 5.41) is 11.6. The summed E-state index contributed by atoms with van der Waals surface area (Å²) in [7, 11) is 1.59. The first-order valence-corrected chi connectivity index (χ1v) is 12.7. The second-order valence-corrected chi connectivity index (χ2v) is 9.04. The molecule has 36 heavy (non-hydrogen) atoms. The molecule has 1 aliphatic rings. The predicted octanol–water partition coefficient (Wildman–Crippen LogP) is 3.50. The summed E-state index contributed by atoms with van der Waals surface area (Å²) in [6.45, 7) is 3.38. The van der Waals surface area contributed by atoms with E-state index in [2.05, 4.69) is 15.6 Å². The Labute approximate surface area is 211 Å². The molecule has 0 saturated heterocycles. The fourth-order valence-corrected chi connectivity index (χ4v) is 4.77. The fraction of sp³-hybridized carbons (Fsp3) is 0.481. The summed E-state index contributed by atoms with van der Waals surface area (Å²) >= 11 is 0. The highest BCUT2D eigenvalue weighted by atomic mass is 16.5. The molecule has 0 radical (unpaired) electrons. The van der Waals surface area contributed by atoms with Crippen LogP contribution < -0.4 is 10.1 Å². The van der Waals surface area contributed by atoms with Crippen LogP contribution in [0.2, 0.25) is 0 Å². The van der Waals surface area contributed by atoms with E-state index in [0.29, 0.717) is 37.5 Å². The van der Waals surface area contributed by atoms with Crippen molar-refractivity contribution in [2.75, 3.05) is 26.9 Å². The number of para-hydroxylation sites is 1. The molecule has 0 spiro atoms. The topological polar surface area (TPSA) is 98.6 Å². The molecule has 2 amide bonds. The lowest BCUT2D eigenvalue weighted by molar-refractivity contribution is -0.142. The average molecular weight is 494 g/mol. The van der Waals surface area contributed by atoms with Gasteiger partial charge in [-0.1, -0.05) is 42.3 Å². The zero-order valence-corrected chi connectivity index (χ0v) is 21.1. The Hall–Kier alpha value is -3.46. The van der Waals surface area contributed by atoms with Crippen LogP contribution in [0.15, 0.2) is 48.5 Å². The maximum absolute atomic E-state index is 13.8. The third kappa shape index (κ3) is 6.20. The molecule has 1 heterocycles. The number of hydrogen-bond donors (Lipinski definition) is 1. The summed E-state index contributed by atoms with van der Waals surface area (Å²) in [5.41, 5.74) is 2.20. The Morgan fingerprint density at radius 1 is 1.17 bits per heavy atom. The van der Waals surface area contributed by atoms with Gasteiger partial charge in [-0.3, -0.25) is 9.59 Å². The Balaban J connectivity index is 1.65. The molecular weight excluding hydrogens is 458 g/mol. The van der Waals surface area contributed by atoms with Gasteiger partial charge in [0.1, 0.15) is 23.9 Å². The van der Waals surface area contributed by atoms with Gasteiger partial charge in [-0.2, -0.15) is 0 Å². The van der Waals surface area contributed by atoms with Gasteiger partial charge >= 0.3 is 0 Å². The van der Waals surface area contributed by atoms with E-state index in [4.69, 9.17) is 9.47 Å². The fourth-order valence-electron chi connectivity index (χ4n) is 4.77. The number of hydrogen-bond acceptors (Lipinski definition) is 6. The normalized spacial score (nSPS) is 14.6. The van der Waals surface area contributed by atoms with Crippen molar-refractivity contribution in [1.82, 2.24) is 25.2 Å². The molecule has 1 saturated carbocycles. The molecule has 9 nitrogen and oxygen atoms in total. The van der Waals surface area contributed by atoms with Crippen molar-refractivity contribution < 1.29 is 19.1 Å². The second-order valence-electron chi connectivity index (χ2n) is 9.04. The van der Waals surface area contributed by atoms with E-state index in [9.17, 15) is 9.59 Å². The Bertz CT molecular complexity index is 1160. The van der Waals surface area contributed by atoms with Crippen LogP contribution in [0.3, 0.4) is 0 Å². The molecule has 9 heteroatoms. The van der Waals surface area contributed by atoms with Gasteiger partial charge in [-0.25, -0.2) is 4.68 Å². The zero-order valence-electron chi connectivity index (χ0n) is 21.1. The van der Waals surface area contributed by atoms with Gasteiger partial charge in [-0.15, -0.1) is 5.10 Å². The Kier molecular flexibility index (Phi) is 8.89. The summed E-state index contributed by atoms with van der Waals surface area (Å²) in [5.74, 6) is 0.245. The van der Waals surface area contributed by atoms with Gasteiger partial charge in [-0.05, 0) is 56.0 Å². The van der Waals surface area contributed by atoms with Crippen LogP contribution in [0.25, 0.3) is 11.0 Å². The molecule has 0 aliphatic heterocycles. The summed E-state index contributed by atoms with van der Waals surface area (Å²) in [4.78, 5) is 29.2. The van der Waals surface area contributed by atoms with Gasteiger partial charge in [0.05, 0.1) is 12.6 Å². The predicted molar refractivity (Wildman–Crippen MR) is 136 cm³/mol. The summed E-state index contributed by atoms with van der Waals surface area (Å²) in [6.07, 6.45) is 4.73. The van der Waals surface area contributed by atoms with E-state index in [1.807, 2.05) is 55.5 Å². The van der Waals surface area contributed by atoms with Gasteiger partial charge in [0.25, 0.3) is 0 Å². The molecule has 1 fully saturated rings. The quantitative estimate of drug-likeness (QED) is 0.388. The van der Waals surface area contributed by atoms with E-state index in [-0.39, 0.29) is 24.4 Å². The minimum absolute atomic E-state index is 0.0215. The van der Waals surface area contributed by atoms with Crippen molar-refractivity contribution in [1.29, 1.82) is 0 Å². The first-order valence-electron chi connectivity index (χ1n) is 12.7. The minimum Gasteiger partial charge on any atom is -0.497 e. The van der Waals surface area contributed by atoms with Crippen LogP contribution in [0, 0.1) is 0 Å². The summed E-state index contributed by atoms with van der Waals surface area (Å²) < 4.78 is 12.5. The monoisotopic (exact) mass is 493 g/mol. The maximum Gasteiger partial charge on any atom is 0.247 e. The third-order valence-electron chi connectivity index (χ3n) is 6.59. The van der Waals surface area contributed by atoms with Crippen LogP contribution in [0.4, 0.5) is 0 Å². The van der Waals surface area contributed by atoms with Crippen molar-refractivity contribution in [3.05, 3.63) is 54.1 Å². The SMILES string of the molecule is CCOCCCN(C(=O)Cn1nnc2ccccc21)C(C(=O)NC1CCCC1)c1cccc(OC)c1. The summed E-state index contributed by atoms with van der Waals surface area (Å²) in [6, 6.07) is 14.2. The lowest BCUT2D eigenvalue weighted by Crippen LogP contribution is -2.47. The van der Waals surface area contributed by atoms with Gasteiger partial charge < -0.3 is 19.7 Å². The van der Waals surface area contributed by atoms with E-state index >= 15 is 0 Å². The van der Waals surface area contributed by atoms with Crippen molar-refractivity contribution >= 4 is 22.8 Å². The number of carbonyl (C=O) groups excluding carboxylic acids is 2. The standard InChI is InChI=1S/C27H35N5O4/c1-3-36-17-9-16-31(25(33)19-32-24-15-7-6-14-23(24)29-30-32)26(20-10-8-13-22(18-20)35-2)27(34)28-21-11-4-5-12-21/h6-8,10,13-15,18,21,26H,3-5,9,11-12,16-17,19H2,1-2H3,(H,28,34). The number of amides is 2. The molecule has 4 rings (SSSR count). The largest absolute Gasteiger partial charge is 0.497 e. The van der Waals surface area contributed by atoms with E-state index in [1.54, 1.807) is 16.7 Å². The number of fused-ring (bicyclic) bond motifs is 1. The van der Waals surface area contributed by atoms with Crippen molar-refractivity contribution in [2.45, 2.75) is 57.7 Å². The number of nitrogens with zero attached hydrogens (tertiary/aromatic N) is 4. The number of benzene rings is 2. The molecule has 192 valence electrons. The number of carbonyl (C=O) groups is 2. The van der Waals surface area contributed by atoms with Crippen LogP contribution in [-0.2, 0) is 20.9 Å². The van der Waals surface area contributed by atoms with Crippen LogP contribution in [0.5, 0.6) is 5.75 Å². The Morgan fingerprint density at radius 2 is 1.97 bits per heavy atom. The molecule has 2 aromatic carbocycles. The van der Waals surface area contributed by atoms with E-state index < -0.39 is 6.04 Å². The number of methoxy groups -OCH3 is 1. The van der Waals surface area contributed by atoms with Crippen LogP contribution >= 0.6 is 0 Å². The number of nitrogens with one attached hydrogen (secondary N) is 1. The highest BCUT2D eigenvalue weighted by Gasteiger charge is 2.33. The molecule has 0 bridgehead atoms. The second kappa shape index (κ2) is 12.5. The molecule has 1 aliphatic carbocycles. The van der Waals surface area contributed by atoms with E-state index in [0.717, 1.165) is 36.7 Å². The number of aromatic nitrogens is 3. The molecule has 1 aromatic heterocycles. The molecule has 1 N–H and O–H groups in total. The molecular formula is C27H35N5O4. The number of rotatable bonds is 12. The van der Waals surface area contributed by atoms with Crippen LogP contribution in [-0.4, -0.2) is 64.6 Å². The first kappa shape index (κ1) is 25.6. The lowest BCUT2D eigenvalue weighted by atomic mass is 10.0. The smallest absolute Gasteiger partial charge is 0.247 e. The third-order valence-corrected chi connectivity index (χ3v) is 6.59. The van der Waals surface area contributed by atoms with Gasteiger partial charge in [0, 0.05) is 25.8 Å². The van der Waals surface area contributed by atoms with Crippen LogP contribution in [0.1, 0.15) is 50.6 Å². The van der Waals surface area contributed by atoms with Crippen molar-refractivity contribution in [3.63, 3.8) is 0 Å². The van der Waals surface area contributed by atoms with Gasteiger partial charge in [0.15, 0.2) is 0 Å². The molecule has 1 unspecified atom stereocenters. The lowest BCUT2D eigenvalue weighted by Gasteiger charge is -2.32. The Morgan fingerprint density at radius 3 is 2.75 bits per heavy atom. The zero-order chi connectivity index (χ0) is 25.3. The van der Waals surface area contributed by atoms with E-state index in [1.165, 1.54) is 0 Å². The van der Waals surface area contributed by atoms with Crippen molar-refractivity contribution in [2.24, 2.45) is 0 Å². The molecule has 3 aromatic rings. The minimum atomic E-state index is -0.801. The number of ether oxygens (including phenoxy) is 2. The average Bonchev–Trinajstić information content (AvgIpc) is 3.56. The highest BCUT2D eigenvalue weighted by molar-refractivity contribution is 5.89. The first-order chi connectivity index (χ1) is 17.6.